The molecule has 0 saturated heterocycles. The summed E-state index contributed by atoms with van der Waals surface area (Å²) in [6.07, 6.45) is -0.642. The highest BCUT2D eigenvalue weighted by Gasteiger charge is 2.26. The van der Waals surface area contributed by atoms with Gasteiger partial charge in [-0.05, 0) is 45.9 Å². The fourth-order valence-electron chi connectivity index (χ4n) is 1.82. The summed E-state index contributed by atoms with van der Waals surface area (Å²) in [4.78, 5) is 12.2. The maximum atomic E-state index is 12.2. The molecule has 1 atom stereocenters. The molecular weight excluding hydrogens is 256 g/mol. The van der Waals surface area contributed by atoms with E-state index in [1.165, 1.54) is 0 Å². The quantitative estimate of drug-likeness (QED) is 0.883. The zero-order valence-corrected chi connectivity index (χ0v) is 12.2. The van der Waals surface area contributed by atoms with Crippen LogP contribution in [0.2, 0.25) is 0 Å². The molecule has 1 aromatic heterocycles. The van der Waals surface area contributed by atoms with Crippen molar-refractivity contribution in [2.75, 3.05) is 0 Å². The zero-order chi connectivity index (χ0) is 14.9. The molecule has 0 spiro atoms. The Bertz CT molecular complexity index is 631. The van der Waals surface area contributed by atoms with Crippen LogP contribution < -0.4 is 5.32 Å². The summed E-state index contributed by atoms with van der Waals surface area (Å²) < 4.78 is 1.77. The molecule has 108 valence electrons. The second-order valence-corrected chi connectivity index (χ2v) is 5.46. The second kappa shape index (κ2) is 5.20. The number of aliphatic hydroxyl groups excluding tert-OH is 1. The minimum absolute atomic E-state index is 0.233. The van der Waals surface area contributed by atoms with Crippen LogP contribution in [0.25, 0.3) is 11.0 Å². The van der Waals surface area contributed by atoms with Crippen LogP contribution in [0.15, 0.2) is 18.2 Å². The topological polar surface area (TPSA) is 80.0 Å². The number of aromatic nitrogens is 3. The number of rotatable bonds is 4. The number of amides is 1. The predicted molar refractivity (Wildman–Crippen MR) is 76.4 cm³/mol. The van der Waals surface area contributed by atoms with Crippen molar-refractivity contribution in [2.45, 2.75) is 45.9 Å². The molecule has 1 aromatic carbocycles. The fourth-order valence-corrected chi connectivity index (χ4v) is 1.82. The van der Waals surface area contributed by atoms with Crippen LogP contribution in [-0.2, 0) is 6.54 Å². The van der Waals surface area contributed by atoms with Crippen LogP contribution in [0.1, 0.15) is 38.1 Å². The molecule has 0 radical (unpaired) electrons. The molecule has 0 aliphatic heterocycles. The molecule has 6 nitrogen and oxygen atoms in total. The third kappa shape index (κ3) is 2.65. The van der Waals surface area contributed by atoms with E-state index in [4.69, 9.17) is 0 Å². The van der Waals surface area contributed by atoms with Crippen LogP contribution in [0, 0.1) is 0 Å². The van der Waals surface area contributed by atoms with E-state index in [9.17, 15) is 9.90 Å². The van der Waals surface area contributed by atoms with Gasteiger partial charge in [-0.15, -0.1) is 5.10 Å². The third-order valence-corrected chi connectivity index (χ3v) is 3.56. The monoisotopic (exact) mass is 276 g/mol. The van der Waals surface area contributed by atoms with Gasteiger partial charge in [0, 0.05) is 12.1 Å². The summed E-state index contributed by atoms with van der Waals surface area (Å²) in [5.74, 6) is -0.233. The lowest BCUT2D eigenvalue weighted by molar-refractivity contribution is 0.0709. The predicted octanol–water partition coefficient (Wildman–Crippen LogP) is 1.34. The first-order chi connectivity index (χ1) is 9.35. The summed E-state index contributed by atoms with van der Waals surface area (Å²) in [6.45, 7) is 7.93. The number of hydrogen-bond acceptors (Lipinski definition) is 4. The maximum absolute atomic E-state index is 12.2. The van der Waals surface area contributed by atoms with Gasteiger partial charge >= 0.3 is 0 Å². The van der Waals surface area contributed by atoms with Gasteiger partial charge in [-0.25, -0.2) is 4.68 Å². The molecular formula is C14H20N4O2. The van der Waals surface area contributed by atoms with Crippen molar-refractivity contribution < 1.29 is 9.90 Å². The van der Waals surface area contributed by atoms with Crippen molar-refractivity contribution in [3.05, 3.63) is 23.8 Å². The van der Waals surface area contributed by atoms with Gasteiger partial charge in [0.1, 0.15) is 5.52 Å². The first kappa shape index (κ1) is 14.5. The van der Waals surface area contributed by atoms with Gasteiger partial charge in [0.05, 0.1) is 17.2 Å². The minimum atomic E-state index is -0.687. The Hall–Kier alpha value is -1.95. The molecule has 0 aliphatic carbocycles. The zero-order valence-electron chi connectivity index (χ0n) is 12.2. The Morgan fingerprint density at radius 2 is 2.20 bits per heavy atom. The Balaban J connectivity index is 2.27. The van der Waals surface area contributed by atoms with Crippen molar-refractivity contribution in [2.24, 2.45) is 0 Å². The van der Waals surface area contributed by atoms with E-state index in [0.29, 0.717) is 11.1 Å². The summed E-state index contributed by atoms with van der Waals surface area (Å²) in [7, 11) is 0. The largest absolute Gasteiger partial charge is 0.391 e. The summed E-state index contributed by atoms with van der Waals surface area (Å²) in [5, 5.41) is 20.5. The number of nitrogens with zero attached hydrogens (tertiary/aromatic N) is 3. The molecule has 2 rings (SSSR count). The molecule has 2 aromatic rings. The van der Waals surface area contributed by atoms with Crippen LogP contribution in [-0.4, -0.2) is 37.7 Å². The number of carbonyl (C=O) groups is 1. The number of nitrogens with one attached hydrogen (secondary N) is 1. The third-order valence-electron chi connectivity index (χ3n) is 3.56. The van der Waals surface area contributed by atoms with E-state index in [2.05, 4.69) is 15.6 Å². The summed E-state index contributed by atoms with van der Waals surface area (Å²) >= 11 is 0. The van der Waals surface area contributed by atoms with Crippen LogP contribution >= 0.6 is 0 Å². The van der Waals surface area contributed by atoms with Crippen molar-refractivity contribution in [3.8, 4) is 0 Å². The van der Waals surface area contributed by atoms with Gasteiger partial charge in [0.25, 0.3) is 5.91 Å². The van der Waals surface area contributed by atoms with E-state index >= 15 is 0 Å². The van der Waals surface area contributed by atoms with Gasteiger partial charge in [0.2, 0.25) is 0 Å². The molecule has 2 N–H and O–H groups in total. The first-order valence-electron chi connectivity index (χ1n) is 6.69. The Morgan fingerprint density at radius 3 is 2.80 bits per heavy atom. The van der Waals surface area contributed by atoms with Crippen LogP contribution in [0.3, 0.4) is 0 Å². The first-order valence-corrected chi connectivity index (χ1v) is 6.69. The van der Waals surface area contributed by atoms with Crippen LogP contribution in [0.5, 0.6) is 0 Å². The fraction of sp³-hybridized carbons (Fsp3) is 0.500. The highest BCUT2D eigenvalue weighted by molar-refractivity contribution is 5.97. The van der Waals surface area contributed by atoms with Crippen molar-refractivity contribution in [1.29, 1.82) is 0 Å². The van der Waals surface area contributed by atoms with Crippen molar-refractivity contribution >= 4 is 16.9 Å². The van der Waals surface area contributed by atoms with Gasteiger partial charge in [-0.3, -0.25) is 4.79 Å². The lowest BCUT2D eigenvalue weighted by Crippen LogP contribution is -2.50. The molecule has 1 amide bonds. The standard InChI is InChI=1S/C14H20N4O2/c1-5-18-12-7-6-10(8-11(12)16-17-18)13(20)15-14(3,4)9(2)19/h6-9,19H,5H2,1-4H3,(H,15,20). The average molecular weight is 276 g/mol. The van der Waals surface area contributed by atoms with E-state index in [1.807, 2.05) is 13.0 Å². The number of fused-ring (bicyclic) bond motifs is 1. The molecule has 0 bridgehead atoms. The second-order valence-electron chi connectivity index (χ2n) is 5.46. The number of aryl methyl sites for hydroxylation is 1. The molecule has 0 fully saturated rings. The molecule has 0 saturated carbocycles. The number of benzene rings is 1. The minimum Gasteiger partial charge on any atom is -0.391 e. The van der Waals surface area contributed by atoms with E-state index < -0.39 is 11.6 Å². The van der Waals surface area contributed by atoms with Crippen molar-refractivity contribution in [1.82, 2.24) is 20.3 Å². The molecule has 20 heavy (non-hydrogen) atoms. The number of aliphatic hydroxyl groups is 1. The highest BCUT2D eigenvalue weighted by Crippen LogP contribution is 2.15. The molecule has 1 unspecified atom stereocenters. The molecule has 0 aliphatic rings. The summed E-state index contributed by atoms with van der Waals surface area (Å²) in [6, 6.07) is 5.29. The number of carbonyl (C=O) groups excluding carboxylic acids is 1. The van der Waals surface area contributed by atoms with Gasteiger partial charge in [-0.1, -0.05) is 5.21 Å². The lowest BCUT2D eigenvalue weighted by atomic mass is 9.98. The molecule has 6 heteroatoms. The summed E-state index contributed by atoms with van der Waals surface area (Å²) in [5.41, 5.74) is 1.41. The smallest absolute Gasteiger partial charge is 0.251 e. The van der Waals surface area contributed by atoms with Gasteiger partial charge in [0.15, 0.2) is 0 Å². The van der Waals surface area contributed by atoms with Gasteiger partial charge in [-0.2, -0.15) is 0 Å². The Labute approximate surface area is 117 Å². The maximum Gasteiger partial charge on any atom is 0.251 e. The van der Waals surface area contributed by atoms with Crippen molar-refractivity contribution in [3.63, 3.8) is 0 Å². The van der Waals surface area contributed by atoms with E-state index in [0.717, 1.165) is 12.1 Å². The number of hydrogen-bond donors (Lipinski definition) is 2. The highest BCUT2D eigenvalue weighted by atomic mass is 16.3. The van der Waals surface area contributed by atoms with Crippen LogP contribution in [0.4, 0.5) is 0 Å². The average Bonchev–Trinajstić information content (AvgIpc) is 2.79. The molecule has 1 heterocycles. The van der Waals surface area contributed by atoms with Gasteiger partial charge < -0.3 is 10.4 Å². The SMILES string of the molecule is CCn1nnc2cc(C(=O)NC(C)(C)C(C)O)ccc21. The Morgan fingerprint density at radius 1 is 1.50 bits per heavy atom. The normalized spacial score (nSPS) is 13.4. The van der Waals surface area contributed by atoms with E-state index in [-0.39, 0.29) is 5.91 Å². The Kier molecular flexibility index (Phi) is 3.76. The van der Waals surface area contributed by atoms with E-state index in [1.54, 1.807) is 37.6 Å². The lowest BCUT2D eigenvalue weighted by Gasteiger charge is -2.29.